The molecule has 1 aromatic carbocycles. The molecule has 1 saturated carbocycles. The summed E-state index contributed by atoms with van der Waals surface area (Å²) >= 11 is 5.87. The van der Waals surface area contributed by atoms with Crippen LogP contribution in [-0.4, -0.2) is 36.3 Å². The number of aliphatic hydroxyl groups is 1. The maximum Gasteiger partial charge on any atom is 0.191 e. The largest absolute Gasteiger partial charge is 0.388 e. The summed E-state index contributed by atoms with van der Waals surface area (Å²) in [4.78, 5) is 4.48. The van der Waals surface area contributed by atoms with Crippen LogP contribution in [0.15, 0.2) is 29.3 Å². The van der Waals surface area contributed by atoms with Crippen molar-refractivity contribution in [2.45, 2.75) is 38.2 Å². The van der Waals surface area contributed by atoms with E-state index in [1.54, 1.807) is 0 Å². The van der Waals surface area contributed by atoms with Gasteiger partial charge in [-0.1, -0.05) is 23.7 Å². The molecule has 0 aliphatic heterocycles. The average Bonchev–Trinajstić information content (AvgIpc) is 2.45. The van der Waals surface area contributed by atoms with Crippen molar-refractivity contribution in [1.82, 2.24) is 10.6 Å². The molecule has 0 atom stereocenters. The van der Waals surface area contributed by atoms with Gasteiger partial charge in [-0.2, -0.15) is 0 Å². The summed E-state index contributed by atoms with van der Waals surface area (Å²) in [5.41, 5.74) is 0.666. The monoisotopic (exact) mass is 437 g/mol. The first kappa shape index (κ1) is 19.5. The molecule has 0 spiro atoms. The van der Waals surface area contributed by atoms with Gasteiger partial charge in [-0.25, -0.2) is 0 Å². The normalized spacial score (nSPS) is 16.4. The SMILES string of the molecule is CCNC(=NCC1(O)CCC1)NCCc1ccc(Cl)cc1.I. The summed E-state index contributed by atoms with van der Waals surface area (Å²) in [5, 5.41) is 17.3. The molecular weight excluding hydrogens is 413 g/mol. The van der Waals surface area contributed by atoms with Gasteiger partial charge in [-0.3, -0.25) is 4.99 Å². The van der Waals surface area contributed by atoms with Crippen molar-refractivity contribution in [1.29, 1.82) is 0 Å². The molecule has 6 heteroatoms. The minimum absolute atomic E-state index is 0. The van der Waals surface area contributed by atoms with E-state index in [0.29, 0.717) is 6.54 Å². The molecule has 22 heavy (non-hydrogen) atoms. The lowest BCUT2D eigenvalue weighted by Crippen LogP contribution is -2.43. The van der Waals surface area contributed by atoms with Crippen LogP contribution in [0.2, 0.25) is 5.02 Å². The highest BCUT2D eigenvalue weighted by atomic mass is 127. The van der Waals surface area contributed by atoms with Gasteiger partial charge in [0.1, 0.15) is 0 Å². The lowest BCUT2D eigenvalue weighted by Gasteiger charge is -2.35. The van der Waals surface area contributed by atoms with Crippen LogP contribution in [0.3, 0.4) is 0 Å². The van der Waals surface area contributed by atoms with Crippen LogP contribution in [0.1, 0.15) is 31.7 Å². The first-order valence-corrected chi connectivity index (χ1v) is 7.98. The molecule has 0 aromatic heterocycles. The van der Waals surface area contributed by atoms with Gasteiger partial charge in [-0.05, 0) is 50.3 Å². The number of guanidine groups is 1. The number of nitrogens with one attached hydrogen (secondary N) is 2. The predicted octanol–water partition coefficient (Wildman–Crippen LogP) is 2.97. The zero-order valence-corrected chi connectivity index (χ0v) is 16.0. The Kier molecular flexibility index (Phi) is 8.49. The van der Waals surface area contributed by atoms with E-state index in [2.05, 4.69) is 15.6 Å². The molecule has 0 heterocycles. The van der Waals surface area contributed by atoms with E-state index in [9.17, 15) is 5.11 Å². The fourth-order valence-electron chi connectivity index (χ4n) is 2.29. The average molecular weight is 438 g/mol. The maximum absolute atomic E-state index is 10.1. The third-order valence-electron chi connectivity index (χ3n) is 3.78. The minimum atomic E-state index is -0.571. The van der Waals surface area contributed by atoms with Crippen LogP contribution < -0.4 is 10.6 Å². The van der Waals surface area contributed by atoms with E-state index >= 15 is 0 Å². The zero-order chi connectivity index (χ0) is 15.1. The van der Waals surface area contributed by atoms with Crippen molar-refractivity contribution >= 4 is 41.5 Å². The second kappa shape index (κ2) is 9.57. The number of hydrogen-bond donors (Lipinski definition) is 3. The summed E-state index contributed by atoms with van der Waals surface area (Å²) in [6.07, 6.45) is 3.74. The van der Waals surface area contributed by atoms with Gasteiger partial charge in [0.25, 0.3) is 0 Å². The maximum atomic E-state index is 10.1. The molecule has 0 bridgehead atoms. The number of nitrogens with zero attached hydrogens (tertiary/aromatic N) is 1. The molecule has 1 fully saturated rings. The third kappa shape index (κ3) is 6.30. The Hall–Kier alpha value is -0.530. The number of benzene rings is 1. The number of halogens is 2. The van der Waals surface area contributed by atoms with Gasteiger partial charge in [0, 0.05) is 18.1 Å². The Morgan fingerprint density at radius 1 is 1.27 bits per heavy atom. The van der Waals surface area contributed by atoms with E-state index in [-0.39, 0.29) is 24.0 Å². The summed E-state index contributed by atoms with van der Waals surface area (Å²) in [5.74, 6) is 0.770. The number of rotatable bonds is 6. The molecule has 0 amide bonds. The predicted molar refractivity (Wildman–Crippen MR) is 103 cm³/mol. The van der Waals surface area contributed by atoms with E-state index < -0.39 is 5.60 Å². The molecule has 0 unspecified atom stereocenters. The quantitative estimate of drug-likeness (QED) is 0.364. The Labute approximate surface area is 154 Å². The van der Waals surface area contributed by atoms with Gasteiger partial charge in [0.2, 0.25) is 0 Å². The van der Waals surface area contributed by atoms with Gasteiger partial charge in [0.05, 0.1) is 12.1 Å². The second-order valence-electron chi connectivity index (χ2n) is 5.58. The van der Waals surface area contributed by atoms with Crippen molar-refractivity contribution in [3.05, 3.63) is 34.9 Å². The van der Waals surface area contributed by atoms with Gasteiger partial charge in [-0.15, -0.1) is 24.0 Å². The summed E-state index contributed by atoms with van der Waals surface area (Å²) in [6.45, 7) is 4.12. The van der Waals surface area contributed by atoms with Crippen molar-refractivity contribution in [2.75, 3.05) is 19.6 Å². The Balaban J connectivity index is 0.00000242. The molecule has 124 valence electrons. The van der Waals surface area contributed by atoms with Crippen LogP contribution in [0.25, 0.3) is 0 Å². The van der Waals surface area contributed by atoms with Crippen LogP contribution in [-0.2, 0) is 6.42 Å². The Morgan fingerprint density at radius 2 is 1.95 bits per heavy atom. The molecule has 4 nitrogen and oxygen atoms in total. The lowest BCUT2D eigenvalue weighted by atomic mass is 9.80. The molecule has 1 aromatic rings. The first-order chi connectivity index (χ1) is 10.1. The summed E-state index contributed by atoms with van der Waals surface area (Å²) in [6, 6.07) is 7.88. The molecule has 0 radical (unpaired) electrons. The fourth-order valence-corrected chi connectivity index (χ4v) is 2.41. The number of hydrogen-bond acceptors (Lipinski definition) is 2. The summed E-state index contributed by atoms with van der Waals surface area (Å²) < 4.78 is 0. The summed E-state index contributed by atoms with van der Waals surface area (Å²) in [7, 11) is 0. The van der Waals surface area contributed by atoms with Crippen molar-refractivity contribution in [3.8, 4) is 0 Å². The second-order valence-corrected chi connectivity index (χ2v) is 6.01. The smallest absolute Gasteiger partial charge is 0.191 e. The van der Waals surface area contributed by atoms with Crippen LogP contribution >= 0.6 is 35.6 Å². The lowest BCUT2D eigenvalue weighted by molar-refractivity contribution is -0.0236. The third-order valence-corrected chi connectivity index (χ3v) is 4.03. The highest BCUT2D eigenvalue weighted by Gasteiger charge is 2.34. The number of aliphatic imine (C=N–C) groups is 1. The standard InChI is InChI=1S/C16H24ClN3O.HI/c1-2-18-15(20-12-16(21)9-3-10-16)19-11-8-13-4-6-14(17)7-5-13;/h4-7,21H,2-3,8-12H2,1H3,(H2,18,19,20);1H. The van der Waals surface area contributed by atoms with Gasteiger partial charge >= 0.3 is 0 Å². The zero-order valence-electron chi connectivity index (χ0n) is 12.9. The Bertz CT molecular complexity index is 475. The van der Waals surface area contributed by atoms with E-state index in [0.717, 1.165) is 49.8 Å². The van der Waals surface area contributed by atoms with Crippen LogP contribution in [0, 0.1) is 0 Å². The van der Waals surface area contributed by atoms with E-state index in [1.165, 1.54) is 5.56 Å². The highest BCUT2D eigenvalue weighted by molar-refractivity contribution is 14.0. The molecule has 3 N–H and O–H groups in total. The fraction of sp³-hybridized carbons (Fsp3) is 0.562. The minimum Gasteiger partial charge on any atom is -0.388 e. The van der Waals surface area contributed by atoms with Crippen molar-refractivity contribution in [2.24, 2.45) is 4.99 Å². The molecule has 1 aliphatic rings. The van der Waals surface area contributed by atoms with E-state index in [4.69, 9.17) is 11.6 Å². The van der Waals surface area contributed by atoms with Crippen molar-refractivity contribution < 1.29 is 5.11 Å². The van der Waals surface area contributed by atoms with E-state index in [1.807, 2.05) is 31.2 Å². The molecule has 1 aliphatic carbocycles. The molecule has 0 saturated heterocycles. The van der Waals surface area contributed by atoms with Crippen LogP contribution in [0.4, 0.5) is 0 Å². The Morgan fingerprint density at radius 3 is 2.50 bits per heavy atom. The van der Waals surface area contributed by atoms with Crippen LogP contribution in [0.5, 0.6) is 0 Å². The molecule has 2 rings (SSSR count). The topological polar surface area (TPSA) is 56.7 Å². The first-order valence-electron chi connectivity index (χ1n) is 7.60. The van der Waals surface area contributed by atoms with Crippen molar-refractivity contribution in [3.63, 3.8) is 0 Å². The van der Waals surface area contributed by atoms with Gasteiger partial charge in [0.15, 0.2) is 5.96 Å². The van der Waals surface area contributed by atoms with Gasteiger partial charge < -0.3 is 15.7 Å². The molecular formula is C16H25ClIN3O. The highest BCUT2D eigenvalue weighted by Crippen LogP contribution is 2.31.